The van der Waals surface area contributed by atoms with E-state index in [0.29, 0.717) is 5.75 Å². The Hall–Kier alpha value is -3.49. The molecule has 146 valence electrons. The highest BCUT2D eigenvalue weighted by molar-refractivity contribution is 5.92. The summed E-state index contributed by atoms with van der Waals surface area (Å²) in [4.78, 5) is 12.3. The summed E-state index contributed by atoms with van der Waals surface area (Å²) < 4.78 is 48.0. The quantitative estimate of drug-likeness (QED) is 0.696. The summed E-state index contributed by atoms with van der Waals surface area (Å²) in [7, 11) is 1.56. The summed E-state index contributed by atoms with van der Waals surface area (Å²) in [6.45, 7) is -0.138. The Bertz CT molecular complexity index is 953. The van der Waals surface area contributed by atoms with Crippen LogP contribution in [0.1, 0.15) is 16.1 Å². The predicted octanol–water partition coefficient (Wildman–Crippen LogP) is 3.71. The minimum atomic E-state index is -4.81. The highest BCUT2D eigenvalue weighted by atomic mass is 19.4. The van der Waals surface area contributed by atoms with Gasteiger partial charge in [-0.3, -0.25) is 4.79 Å². The molecule has 3 aromatic rings. The van der Waals surface area contributed by atoms with Gasteiger partial charge >= 0.3 is 6.36 Å². The van der Waals surface area contributed by atoms with Crippen molar-refractivity contribution in [1.29, 1.82) is 0 Å². The zero-order valence-electron chi connectivity index (χ0n) is 14.7. The van der Waals surface area contributed by atoms with Crippen LogP contribution in [0.15, 0.2) is 60.8 Å². The average Bonchev–Trinajstić information content (AvgIpc) is 3.16. The van der Waals surface area contributed by atoms with Gasteiger partial charge in [0.1, 0.15) is 11.5 Å². The van der Waals surface area contributed by atoms with Crippen molar-refractivity contribution in [3.05, 3.63) is 72.1 Å². The van der Waals surface area contributed by atoms with Gasteiger partial charge in [0.05, 0.1) is 12.8 Å². The van der Waals surface area contributed by atoms with Crippen LogP contribution in [0.5, 0.6) is 11.5 Å². The molecule has 2 aromatic carbocycles. The van der Waals surface area contributed by atoms with Gasteiger partial charge in [0.2, 0.25) is 0 Å². The highest BCUT2D eigenvalue weighted by Crippen LogP contribution is 2.26. The first kappa shape index (κ1) is 19.3. The normalized spacial score (nSPS) is 11.1. The lowest BCUT2D eigenvalue weighted by atomic mass is 10.2. The Kier molecular flexibility index (Phi) is 5.53. The number of benzene rings is 2. The molecule has 0 aliphatic heterocycles. The molecule has 0 fully saturated rings. The zero-order chi connectivity index (χ0) is 20.1. The van der Waals surface area contributed by atoms with Gasteiger partial charge in [-0.15, -0.1) is 13.2 Å². The number of hydrogen-bond donors (Lipinski definition) is 1. The minimum absolute atomic E-state index is 0.130. The number of methoxy groups -OCH3 is 1. The molecule has 0 aliphatic carbocycles. The molecule has 9 heteroatoms. The molecule has 0 bridgehead atoms. The number of carbonyl (C=O) groups is 1. The Morgan fingerprint density at radius 3 is 2.50 bits per heavy atom. The number of rotatable bonds is 6. The van der Waals surface area contributed by atoms with Crippen LogP contribution in [-0.4, -0.2) is 29.2 Å². The first-order valence-corrected chi connectivity index (χ1v) is 8.17. The first-order chi connectivity index (χ1) is 13.4. The topological polar surface area (TPSA) is 65.4 Å². The average molecular weight is 391 g/mol. The van der Waals surface area contributed by atoms with Crippen molar-refractivity contribution < 1.29 is 27.4 Å². The van der Waals surface area contributed by atoms with Crippen LogP contribution in [0.2, 0.25) is 0 Å². The standard InChI is InChI=1S/C19H16F3N3O3/c1-27-15-8-6-14(7-9-15)25-11-10-16(24-25)18(26)23-12-13-4-2-3-5-17(13)28-19(20,21)22/h2-11H,12H2,1H3,(H,23,26). The molecule has 0 radical (unpaired) electrons. The maximum absolute atomic E-state index is 12.5. The van der Waals surface area contributed by atoms with Crippen molar-refractivity contribution in [2.75, 3.05) is 7.11 Å². The van der Waals surface area contributed by atoms with E-state index in [4.69, 9.17) is 4.74 Å². The van der Waals surface area contributed by atoms with E-state index < -0.39 is 12.3 Å². The number of nitrogens with zero attached hydrogens (tertiary/aromatic N) is 2. The molecule has 1 N–H and O–H groups in total. The van der Waals surface area contributed by atoms with Crippen LogP contribution in [0, 0.1) is 0 Å². The number of aromatic nitrogens is 2. The lowest BCUT2D eigenvalue weighted by molar-refractivity contribution is -0.274. The van der Waals surface area contributed by atoms with Crippen LogP contribution in [0.3, 0.4) is 0 Å². The number of halogens is 3. The number of nitrogens with one attached hydrogen (secondary N) is 1. The second-order valence-corrected chi connectivity index (χ2v) is 5.68. The van der Waals surface area contributed by atoms with Crippen LogP contribution in [0.25, 0.3) is 5.69 Å². The molecular formula is C19H16F3N3O3. The molecule has 28 heavy (non-hydrogen) atoms. The van der Waals surface area contributed by atoms with Gasteiger partial charge < -0.3 is 14.8 Å². The summed E-state index contributed by atoms with van der Waals surface area (Å²) in [5.41, 5.74) is 1.05. The zero-order valence-corrected chi connectivity index (χ0v) is 14.7. The summed E-state index contributed by atoms with van der Waals surface area (Å²) in [6.07, 6.45) is -3.20. The van der Waals surface area contributed by atoms with Crippen LogP contribution in [0.4, 0.5) is 13.2 Å². The third-order valence-electron chi connectivity index (χ3n) is 3.80. The molecule has 1 aromatic heterocycles. The van der Waals surface area contributed by atoms with Crippen molar-refractivity contribution in [3.63, 3.8) is 0 Å². The number of amides is 1. The van der Waals surface area contributed by atoms with E-state index in [0.717, 1.165) is 5.69 Å². The van der Waals surface area contributed by atoms with Gasteiger partial charge in [-0.2, -0.15) is 5.10 Å². The molecule has 1 heterocycles. The van der Waals surface area contributed by atoms with E-state index in [1.807, 2.05) is 0 Å². The van der Waals surface area contributed by atoms with Crippen molar-refractivity contribution in [2.24, 2.45) is 0 Å². The third-order valence-corrected chi connectivity index (χ3v) is 3.80. The van der Waals surface area contributed by atoms with E-state index in [1.165, 1.54) is 28.9 Å². The highest BCUT2D eigenvalue weighted by Gasteiger charge is 2.32. The summed E-state index contributed by atoms with van der Waals surface area (Å²) in [5, 5.41) is 6.72. The Labute approximate surface area is 158 Å². The fourth-order valence-corrected chi connectivity index (χ4v) is 2.46. The summed E-state index contributed by atoms with van der Waals surface area (Å²) in [5.74, 6) is -0.193. The number of ether oxygens (including phenoxy) is 2. The van der Waals surface area contributed by atoms with Crippen LogP contribution < -0.4 is 14.8 Å². The molecule has 0 saturated heterocycles. The van der Waals surface area contributed by atoms with Gasteiger partial charge in [-0.05, 0) is 36.4 Å². The minimum Gasteiger partial charge on any atom is -0.497 e. The van der Waals surface area contributed by atoms with Crippen LogP contribution >= 0.6 is 0 Å². The smallest absolute Gasteiger partial charge is 0.497 e. The number of para-hydroxylation sites is 1. The van der Waals surface area contributed by atoms with Crippen molar-refractivity contribution in [2.45, 2.75) is 12.9 Å². The second kappa shape index (κ2) is 8.03. The van der Waals surface area contributed by atoms with Gasteiger partial charge in [-0.1, -0.05) is 18.2 Å². The summed E-state index contributed by atoms with van der Waals surface area (Å²) in [6, 6.07) is 14.2. The van der Waals surface area contributed by atoms with Crippen molar-refractivity contribution in [3.8, 4) is 17.2 Å². The fraction of sp³-hybridized carbons (Fsp3) is 0.158. The lowest BCUT2D eigenvalue weighted by Crippen LogP contribution is -2.25. The van der Waals surface area contributed by atoms with Crippen molar-refractivity contribution in [1.82, 2.24) is 15.1 Å². The SMILES string of the molecule is COc1ccc(-n2ccc(C(=O)NCc3ccccc3OC(F)(F)F)n2)cc1. The largest absolute Gasteiger partial charge is 0.573 e. The number of hydrogen-bond acceptors (Lipinski definition) is 4. The fourth-order valence-electron chi connectivity index (χ4n) is 2.46. The molecule has 1 amide bonds. The lowest BCUT2D eigenvalue weighted by Gasteiger charge is -2.13. The molecular weight excluding hydrogens is 375 g/mol. The Morgan fingerprint density at radius 2 is 1.82 bits per heavy atom. The predicted molar refractivity (Wildman–Crippen MR) is 94.4 cm³/mol. The van der Waals surface area contributed by atoms with E-state index >= 15 is 0 Å². The van der Waals surface area contributed by atoms with E-state index in [1.54, 1.807) is 43.6 Å². The van der Waals surface area contributed by atoms with Gasteiger partial charge in [0.15, 0.2) is 5.69 Å². The Morgan fingerprint density at radius 1 is 1.11 bits per heavy atom. The second-order valence-electron chi connectivity index (χ2n) is 5.68. The maximum atomic E-state index is 12.5. The molecule has 6 nitrogen and oxygen atoms in total. The Balaban J connectivity index is 1.67. The maximum Gasteiger partial charge on any atom is 0.573 e. The van der Waals surface area contributed by atoms with Crippen LogP contribution in [-0.2, 0) is 6.54 Å². The number of carbonyl (C=O) groups excluding carboxylic acids is 1. The van der Waals surface area contributed by atoms with E-state index in [-0.39, 0.29) is 23.6 Å². The molecule has 0 spiro atoms. The summed E-state index contributed by atoms with van der Waals surface area (Å²) >= 11 is 0. The first-order valence-electron chi connectivity index (χ1n) is 8.17. The monoisotopic (exact) mass is 391 g/mol. The van der Waals surface area contributed by atoms with E-state index in [9.17, 15) is 18.0 Å². The van der Waals surface area contributed by atoms with E-state index in [2.05, 4.69) is 15.2 Å². The molecule has 3 rings (SSSR count). The van der Waals surface area contributed by atoms with Crippen molar-refractivity contribution >= 4 is 5.91 Å². The molecule has 0 unspecified atom stereocenters. The molecule has 0 aliphatic rings. The van der Waals surface area contributed by atoms with Gasteiger partial charge in [-0.25, -0.2) is 4.68 Å². The van der Waals surface area contributed by atoms with Gasteiger partial charge in [0.25, 0.3) is 5.91 Å². The molecule has 0 atom stereocenters. The molecule has 0 saturated carbocycles. The number of alkyl halides is 3. The van der Waals surface area contributed by atoms with Gasteiger partial charge in [0, 0.05) is 18.3 Å². The third kappa shape index (κ3) is 4.81.